The van der Waals surface area contributed by atoms with Crippen molar-refractivity contribution >= 4 is 0 Å². The van der Waals surface area contributed by atoms with Crippen LogP contribution in [0.3, 0.4) is 0 Å². The van der Waals surface area contributed by atoms with E-state index in [1.54, 1.807) is 11.1 Å². The van der Waals surface area contributed by atoms with E-state index < -0.39 is 0 Å². The van der Waals surface area contributed by atoms with Crippen molar-refractivity contribution in [2.45, 2.75) is 50.4 Å². The highest BCUT2D eigenvalue weighted by molar-refractivity contribution is 5.50. The van der Waals surface area contributed by atoms with Crippen molar-refractivity contribution in [3.05, 3.63) is 34.9 Å². The topological polar surface area (TPSA) is 26.0 Å². The second-order valence-corrected chi connectivity index (χ2v) is 6.22. The van der Waals surface area contributed by atoms with Crippen LogP contribution in [-0.2, 0) is 17.3 Å². The van der Waals surface area contributed by atoms with Crippen LogP contribution in [-0.4, -0.2) is 6.54 Å². The minimum atomic E-state index is 0.453. The van der Waals surface area contributed by atoms with Gasteiger partial charge in [-0.15, -0.1) is 0 Å². The van der Waals surface area contributed by atoms with Crippen LogP contribution in [0.15, 0.2) is 18.2 Å². The largest absolute Gasteiger partial charge is 0.330 e. The SMILES string of the molecule is CC12CCC(C)(C1)c1cc(CCN)ccc12. The lowest BCUT2D eigenvalue weighted by Crippen LogP contribution is -2.18. The molecule has 2 aliphatic rings. The van der Waals surface area contributed by atoms with Gasteiger partial charge in [-0.1, -0.05) is 32.0 Å². The molecule has 16 heavy (non-hydrogen) atoms. The van der Waals surface area contributed by atoms with Crippen LogP contribution in [0.25, 0.3) is 0 Å². The molecule has 0 spiro atoms. The molecule has 0 aliphatic heterocycles. The fourth-order valence-corrected chi connectivity index (χ4v) is 3.99. The molecule has 0 amide bonds. The molecular formula is C15H21N. The van der Waals surface area contributed by atoms with Gasteiger partial charge in [-0.3, -0.25) is 0 Å². The van der Waals surface area contributed by atoms with Gasteiger partial charge in [-0.2, -0.15) is 0 Å². The van der Waals surface area contributed by atoms with E-state index in [4.69, 9.17) is 5.73 Å². The van der Waals surface area contributed by atoms with Crippen molar-refractivity contribution < 1.29 is 0 Å². The molecule has 3 rings (SSSR count). The highest BCUT2D eigenvalue weighted by Crippen LogP contribution is 2.60. The zero-order chi connectivity index (χ0) is 11.4. The van der Waals surface area contributed by atoms with Gasteiger partial charge in [0.25, 0.3) is 0 Å². The van der Waals surface area contributed by atoms with E-state index in [0.29, 0.717) is 10.8 Å². The number of benzene rings is 1. The van der Waals surface area contributed by atoms with E-state index in [0.717, 1.165) is 13.0 Å². The summed E-state index contributed by atoms with van der Waals surface area (Å²) in [6.07, 6.45) is 5.09. The Balaban J connectivity index is 2.11. The second kappa shape index (κ2) is 3.10. The molecule has 2 aliphatic carbocycles. The zero-order valence-corrected chi connectivity index (χ0v) is 10.3. The predicted molar refractivity (Wildman–Crippen MR) is 67.8 cm³/mol. The van der Waals surface area contributed by atoms with Crippen molar-refractivity contribution in [3.63, 3.8) is 0 Å². The van der Waals surface area contributed by atoms with Crippen molar-refractivity contribution in [3.8, 4) is 0 Å². The first kappa shape index (κ1) is 10.3. The van der Waals surface area contributed by atoms with Gasteiger partial charge in [-0.25, -0.2) is 0 Å². The smallest absolute Gasteiger partial charge is 0.00367 e. The summed E-state index contributed by atoms with van der Waals surface area (Å²) in [6.45, 7) is 5.63. The van der Waals surface area contributed by atoms with Crippen molar-refractivity contribution in [1.29, 1.82) is 0 Å². The highest BCUT2D eigenvalue weighted by atomic mass is 14.6. The van der Waals surface area contributed by atoms with Gasteiger partial charge in [-0.05, 0) is 59.7 Å². The molecule has 1 fully saturated rings. The van der Waals surface area contributed by atoms with E-state index in [1.165, 1.54) is 24.8 Å². The highest BCUT2D eigenvalue weighted by Gasteiger charge is 2.52. The van der Waals surface area contributed by atoms with Gasteiger partial charge >= 0.3 is 0 Å². The van der Waals surface area contributed by atoms with E-state index in [9.17, 15) is 0 Å². The van der Waals surface area contributed by atoms with E-state index in [1.807, 2.05) is 0 Å². The summed E-state index contributed by atoms with van der Waals surface area (Å²) in [4.78, 5) is 0. The van der Waals surface area contributed by atoms with Crippen molar-refractivity contribution in [2.24, 2.45) is 5.73 Å². The third kappa shape index (κ3) is 1.21. The van der Waals surface area contributed by atoms with Gasteiger partial charge in [0.1, 0.15) is 0 Å². The van der Waals surface area contributed by atoms with E-state index in [2.05, 4.69) is 32.0 Å². The van der Waals surface area contributed by atoms with Gasteiger partial charge in [0.2, 0.25) is 0 Å². The minimum absolute atomic E-state index is 0.453. The number of rotatable bonds is 2. The maximum Gasteiger partial charge on any atom is -0.00367 e. The maximum atomic E-state index is 5.64. The molecule has 2 bridgehead atoms. The first-order valence-electron chi connectivity index (χ1n) is 6.41. The lowest BCUT2D eigenvalue weighted by Gasteiger charge is -2.27. The summed E-state index contributed by atoms with van der Waals surface area (Å²) in [5.41, 5.74) is 11.2. The number of hydrogen-bond donors (Lipinski definition) is 1. The molecule has 1 nitrogen and oxygen atoms in total. The normalized spacial score (nSPS) is 35.4. The molecule has 2 N–H and O–H groups in total. The molecule has 0 heterocycles. The summed E-state index contributed by atoms with van der Waals surface area (Å²) in [7, 11) is 0. The number of fused-ring (bicyclic) bond motifs is 5. The molecule has 0 radical (unpaired) electrons. The summed E-state index contributed by atoms with van der Waals surface area (Å²) < 4.78 is 0. The average molecular weight is 215 g/mol. The maximum absolute atomic E-state index is 5.64. The van der Waals surface area contributed by atoms with Gasteiger partial charge in [0.15, 0.2) is 0 Å². The quantitative estimate of drug-likeness (QED) is 0.806. The Kier molecular flexibility index (Phi) is 2.00. The summed E-state index contributed by atoms with van der Waals surface area (Å²) in [5, 5.41) is 0. The second-order valence-electron chi connectivity index (χ2n) is 6.22. The lowest BCUT2D eigenvalue weighted by atomic mass is 9.77. The molecular weight excluding hydrogens is 194 g/mol. The Labute approximate surface area is 98.0 Å². The Morgan fingerprint density at radius 1 is 1.12 bits per heavy atom. The van der Waals surface area contributed by atoms with Crippen LogP contribution in [0.4, 0.5) is 0 Å². The first-order chi connectivity index (χ1) is 7.57. The van der Waals surface area contributed by atoms with Gasteiger partial charge in [0, 0.05) is 0 Å². The van der Waals surface area contributed by atoms with Crippen LogP contribution in [0.5, 0.6) is 0 Å². The molecule has 1 saturated carbocycles. The first-order valence-corrected chi connectivity index (χ1v) is 6.41. The van der Waals surface area contributed by atoms with Crippen LogP contribution in [0.2, 0.25) is 0 Å². The lowest BCUT2D eigenvalue weighted by molar-refractivity contribution is 0.484. The fourth-order valence-electron chi connectivity index (χ4n) is 3.99. The van der Waals surface area contributed by atoms with Gasteiger partial charge < -0.3 is 5.73 Å². The van der Waals surface area contributed by atoms with E-state index in [-0.39, 0.29) is 0 Å². The Morgan fingerprint density at radius 2 is 1.81 bits per heavy atom. The molecule has 1 heteroatoms. The molecule has 2 atom stereocenters. The average Bonchev–Trinajstić information content (AvgIpc) is 2.67. The molecule has 0 aromatic heterocycles. The minimum Gasteiger partial charge on any atom is -0.330 e. The molecule has 1 aromatic carbocycles. The monoisotopic (exact) mass is 215 g/mol. The van der Waals surface area contributed by atoms with Gasteiger partial charge in [0.05, 0.1) is 0 Å². The molecule has 1 aromatic rings. The Morgan fingerprint density at radius 3 is 2.50 bits per heavy atom. The molecule has 86 valence electrons. The summed E-state index contributed by atoms with van der Waals surface area (Å²) in [5.74, 6) is 0. The predicted octanol–water partition coefficient (Wildman–Crippen LogP) is 2.90. The third-order valence-electron chi connectivity index (χ3n) is 4.83. The summed E-state index contributed by atoms with van der Waals surface area (Å²) in [6, 6.07) is 7.07. The van der Waals surface area contributed by atoms with E-state index >= 15 is 0 Å². The fraction of sp³-hybridized carbons (Fsp3) is 0.600. The van der Waals surface area contributed by atoms with Crippen molar-refractivity contribution in [1.82, 2.24) is 0 Å². The van der Waals surface area contributed by atoms with Crippen LogP contribution in [0, 0.1) is 0 Å². The molecule has 2 unspecified atom stereocenters. The van der Waals surface area contributed by atoms with Crippen LogP contribution >= 0.6 is 0 Å². The number of nitrogens with two attached hydrogens (primary N) is 1. The Bertz CT molecular complexity index is 437. The zero-order valence-electron chi connectivity index (χ0n) is 10.3. The summed E-state index contributed by atoms with van der Waals surface area (Å²) >= 11 is 0. The Hall–Kier alpha value is -0.820. The van der Waals surface area contributed by atoms with Crippen molar-refractivity contribution in [2.75, 3.05) is 6.54 Å². The third-order valence-corrected chi connectivity index (χ3v) is 4.83. The standard InChI is InChI=1S/C15H21N/c1-14-6-7-15(2,10-14)13-9-11(5-8-16)3-4-12(13)14/h3-4,9H,5-8,10,16H2,1-2H3. The molecule has 0 saturated heterocycles. The van der Waals surface area contributed by atoms with Crippen LogP contribution in [0.1, 0.15) is 49.8 Å². The van der Waals surface area contributed by atoms with Crippen LogP contribution < -0.4 is 5.73 Å². The number of hydrogen-bond acceptors (Lipinski definition) is 1.